The van der Waals surface area contributed by atoms with Gasteiger partial charge in [0.1, 0.15) is 6.33 Å². The molecule has 6 heteroatoms. The zero-order valence-corrected chi connectivity index (χ0v) is 8.20. The molecule has 0 bridgehead atoms. The van der Waals surface area contributed by atoms with E-state index in [-0.39, 0.29) is 5.97 Å². The summed E-state index contributed by atoms with van der Waals surface area (Å²) >= 11 is 3.95. The lowest BCUT2D eigenvalue weighted by Crippen LogP contribution is -2.04. The van der Waals surface area contributed by atoms with Gasteiger partial charge >= 0.3 is 5.97 Å². The molecular formula is C7H11N3O2S. The molecule has 72 valence electrons. The van der Waals surface area contributed by atoms with Crippen molar-refractivity contribution in [2.45, 2.75) is 24.5 Å². The van der Waals surface area contributed by atoms with E-state index >= 15 is 0 Å². The van der Waals surface area contributed by atoms with Gasteiger partial charge in [-0.25, -0.2) is 4.98 Å². The summed E-state index contributed by atoms with van der Waals surface area (Å²) in [5.41, 5.74) is 0. The van der Waals surface area contributed by atoms with E-state index in [0.717, 1.165) is 0 Å². The van der Waals surface area contributed by atoms with E-state index in [4.69, 9.17) is 0 Å². The quantitative estimate of drug-likeness (QED) is 0.570. The molecule has 5 nitrogen and oxygen atoms in total. The van der Waals surface area contributed by atoms with Gasteiger partial charge in [-0.05, 0) is 6.42 Å². The van der Waals surface area contributed by atoms with Crippen molar-refractivity contribution in [1.29, 1.82) is 0 Å². The van der Waals surface area contributed by atoms with E-state index in [0.29, 0.717) is 24.5 Å². The van der Waals surface area contributed by atoms with Gasteiger partial charge in [0.25, 0.3) is 0 Å². The molecule has 1 heterocycles. The summed E-state index contributed by atoms with van der Waals surface area (Å²) in [4.78, 5) is 14.6. The van der Waals surface area contributed by atoms with Crippen LogP contribution in [0.4, 0.5) is 0 Å². The van der Waals surface area contributed by atoms with Crippen molar-refractivity contribution < 1.29 is 9.53 Å². The van der Waals surface area contributed by atoms with Crippen LogP contribution in [0.3, 0.4) is 0 Å². The molecule has 0 aromatic carbocycles. The van der Waals surface area contributed by atoms with Crippen LogP contribution in [0.2, 0.25) is 0 Å². The Hall–Kier alpha value is -1.04. The van der Waals surface area contributed by atoms with E-state index < -0.39 is 0 Å². The van der Waals surface area contributed by atoms with E-state index in [1.807, 2.05) is 0 Å². The van der Waals surface area contributed by atoms with Crippen LogP contribution >= 0.6 is 12.6 Å². The molecule has 0 atom stereocenters. The Balaban J connectivity index is 2.24. The van der Waals surface area contributed by atoms with Gasteiger partial charge in [-0.1, -0.05) is 0 Å². The summed E-state index contributed by atoms with van der Waals surface area (Å²) in [5.74, 6) is -0.203. The maximum atomic E-state index is 10.7. The van der Waals surface area contributed by atoms with Crippen molar-refractivity contribution in [2.75, 3.05) is 7.11 Å². The SMILES string of the molecule is COC(=O)CCCn1cnc(S)n1. The lowest BCUT2D eigenvalue weighted by molar-refractivity contribution is -0.140. The molecule has 0 unspecified atom stereocenters. The molecule has 1 aromatic rings. The highest BCUT2D eigenvalue weighted by Gasteiger charge is 2.00. The fourth-order valence-electron chi connectivity index (χ4n) is 0.880. The van der Waals surface area contributed by atoms with E-state index in [1.165, 1.54) is 7.11 Å². The molecule has 0 fully saturated rings. The Kier molecular flexibility index (Phi) is 3.75. The fraction of sp³-hybridized carbons (Fsp3) is 0.571. The molecule has 0 amide bonds. The maximum Gasteiger partial charge on any atom is 0.305 e. The summed E-state index contributed by atoms with van der Waals surface area (Å²) in [7, 11) is 1.38. The first-order chi connectivity index (χ1) is 6.22. The number of hydrogen-bond acceptors (Lipinski definition) is 5. The van der Waals surface area contributed by atoms with Crippen LogP contribution in [0.15, 0.2) is 11.5 Å². The number of hydrogen-bond donors (Lipinski definition) is 1. The summed E-state index contributed by atoms with van der Waals surface area (Å²) in [6.07, 6.45) is 2.68. The van der Waals surface area contributed by atoms with Crippen LogP contribution in [-0.4, -0.2) is 27.8 Å². The number of esters is 1. The Morgan fingerprint density at radius 2 is 2.54 bits per heavy atom. The molecular weight excluding hydrogens is 190 g/mol. The average Bonchev–Trinajstić information content (AvgIpc) is 2.51. The second-order valence-electron chi connectivity index (χ2n) is 2.49. The number of thiol groups is 1. The lowest BCUT2D eigenvalue weighted by atomic mass is 10.3. The zero-order chi connectivity index (χ0) is 9.68. The van der Waals surface area contributed by atoms with E-state index in [1.54, 1.807) is 11.0 Å². The van der Waals surface area contributed by atoms with Crippen LogP contribution in [-0.2, 0) is 16.1 Å². The molecule has 0 aliphatic carbocycles. The number of rotatable bonds is 4. The van der Waals surface area contributed by atoms with Gasteiger partial charge in [-0.2, -0.15) is 0 Å². The Bertz CT molecular complexity index is 287. The second kappa shape index (κ2) is 4.86. The van der Waals surface area contributed by atoms with Crippen molar-refractivity contribution in [2.24, 2.45) is 0 Å². The number of carbonyl (C=O) groups excluding carboxylic acids is 1. The number of methoxy groups -OCH3 is 1. The third kappa shape index (κ3) is 3.45. The van der Waals surface area contributed by atoms with Crippen molar-refractivity contribution in [3.8, 4) is 0 Å². The minimum atomic E-state index is -0.203. The summed E-state index contributed by atoms with van der Waals surface area (Å²) in [6.45, 7) is 0.655. The third-order valence-electron chi connectivity index (χ3n) is 1.52. The lowest BCUT2D eigenvalue weighted by Gasteiger charge is -1.99. The highest BCUT2D eigenvalue weighted by atomic mass is 32.1. The Labute approximate surface area is 81.5 Å². The van der Waals surface area contributed by atoms with Gasteiger partial charge in [0.05, 0.1) is 7.11 Å². The van der Waals surface area contributed by atoms with Gasteiger partial charge in [0.15, 0.2) is 0 Å². The largest absolute Gasteiger partial charge is 0.469 e. The third-order valence-corrected chi connectivity index (χ3v) is 1.73. The van der Waals surface area contributed by atoms with Crippen molar-refractivity contribution >= 4 is 18.6 Å². The van der Waals surface area contributed by atoms with Gasteiger partial charge in [0, 0.05) is 13.0 Å². The Morgan fingerprint density at radius 3 is 3.08 bits per heavy atom. The number of nitrogens with zero attached hydrogens (tertiary/aromatic N) is 3. The summed E-state index contributed by atoms with van der Waals surface area (Å²) in [6, 6.07) is 0. The highest BCUT2D eigenvalue weighted by molar-refractivity contribution is 7.80. The van der Waals surface area contributed by atoms with Crippen LogP contribution < -0.4 is 0 Å². The van der Waals surface area contributed by atoms with Crippen LogP contribution in [0.25, 0.3) is 0 Å². The molecule has 13 heavy (non-hydrogen) atoms. The molecule has 0 saturated heterocycles. The predicted octanol–water partition coefficient (Wildman–Crippen LogP) is 0.520. The van der Waals surface area contributed by atoms with Crippen LogP contribution in [0.5, 0.6) is 0 Å². The topological polar surface area (TPSA) is 57.0 Å². The van der Waals surface area contributed by atoms with E-state index in [9.17, 15) is 4.79 Å². The van der Waals surface area contributed by atoms with Gasteiger partial charge in [-0.15, -0.1) is 17.7 Å². The number of ether oxygens (including phenoxy) is 1. The summed E-state index contributed by atoms with van der Waals surface area (Å²) < 4.78 is 6.14. The molecule has 0 radical (unpaired) electrons. The number of aromatic nitrogens is 3. The van der Waals surface area contributed by atoms with E-state index in [2.05, 4.69) is 27.4 Å². The average molecular weight is 201 g/mol. The highest BCUT2D eigenvalue weighted by Crippen LogP contribution is 1.98. The number of aryl methyl sites for hydroxylation is 1. The second-order valence-corrected chi connectivity index (χ2v) is 2.89. The smallest absolute Gasteiger partial charge is 0.305 e. The summed E-state index contributed by atoms with van der Waals surface area (Å²) in [5, 5.41) is 4.39. The fourth-order valence-corrected chi connectivity index (χ4v) is 1.05. The van der Waals surface area contributed by atoms with Gasteiger partial charge in [-0.3, -0.25) is 9.48 Å². The monoisotopic (exact) mass is 201 g/mol. The first-order valence-electron chi connectivity index (χ1n) is 3.87. The molecule has 0 aliphatic heterocycles. The molecule has 1 aromatic heterocycles. The molecule has 0 aliphatic rings. The molecule has 1 rings (SSSR count). The van der Waals surface area contributed by atoms with Crippen molar-refractivity contribution in [3.05, 3.63) is 6.33 Å². The first-order valence-corrected chi connectivity index (χ1v) is 4.32. The minimum absolute atomic E-state index is 0.203. The normalized spacial score (nSPS) is 10.0. The predicted molar refractivity (Wildman–Crippen MR) is 48.5 cm³/mol. The minimum Gasteiger partial charge on any atom is -0.469 e. The molecule has 0 spiro atoms. The van der Waals surface area contributed by atoms with Gasteiger partial charge < -0.3 is 4.74 Å². The maximum absolute atomic E-state index is 10.7. The number of carbonyl (C=O) groups is 1. The standard InChI is InChI=1S/C7H11N3O2S/c1-12-6(11)3-2-4-10-5-8-7(13)9-10/h5H,2-4H2,1H3,(H,9,13). The first kappa shape index (κ1) is 10.0. The van der Waals surface area contributed by atoms with Crippen LogP contribution in [0.1, 0.15) is 12.8 Å². The van der Waals surface area contributed by atoms with Gasteiger partial charge in [0.2, 0.25) is 5.16 Å². The Morgan fingerprint density at radius 1 is 1.77 bits per heavy atom. The van der Waals surface area contributed by atoms with Crippen molar-refractivity contribution in [3.63, 3.8) is 0 Å². The molecule has 0 N–H and O–H groups in total. The zero-order valence-electron chi connectivity index (χ0n) is 7.30. The van der Waals surface area contributed by atoms with Crippen molar-refractivity contribution in [1.82, 2.24) is 14.8 Å². The molecule has 0 saturated carbocycles. The van der Waals surface area contributed by atoms with Crippen LogP contribution in [0, 0.1) is 0 Å².